The van der Waals surface area contributed by atoms with E-state index < -0.39 is 24.6 Å². The summed E-state index contributed by atoms with van der Waals surface area (Å²) >= 11 is 1.14. The van der Waals surface area contributed by atoms with E-state index in [1.165, 1.54) is 6.07 Å². The molecule has 10 heteroatoms. The van der Waals surface area contributed by atoms with E-state index in [0.717, 1.165) is 16.9 Å². The summed E-state index contributed by atoms with van der Waals surface area (Å²) in [6, 6.07) is 13.8. The van der Waals surface area contributed by atoms with Crippen LogP contribution in [0.15, 0.2) is 60.0 Å². The van der Waals surface area contributed by atoms with Gasteiger partial charge in [0.25, 0.3) is 0 Å². The van der Waals surface area contributed by atoms with Crippen molar-refractivity contribution in [1.82, 2.24) is 10.3 Å². The molecule has 3 aromatic rings. The average molecular weight is 432 g/mol. The van der Waals surface area contributed by atoms with Gasteiger partial charge in [-0.2, -0.15) is 8.78 Å². The third kappa shape index (κ3) is 5.74. The van der Waals surface area contributed by atoms with Crippen molar-refractivity contribution in [3.05, 3.63) is 65.5 Å². The lowest BCUT2D eigenvalue weighted by Crippen LogP contribution is -2.35. The van der Waals surface area contributed by atoms with Crippen LogP contribution in [0.3, 0.4) is 0 Å². The number of thiazole rings is 1. The zero-order valence-corrected chi connectivity index (χ0v) is 16.4. The van der Waals surface area contributed by atoms with Crippen LogP contribution >= 0.6 is 11.3 Å². The quantitative estimate of drug-likeness (QED) is 0.497. The molecule has 0 radical (unpaired) electrons. The summed E-state index contributed by atoms with van der Waals surface area (Å²) in [7, 11) is 0. The maximum absolute atomic E-state index is 12.6. The van der Waals surface area contributed by atoms with E-state index in [1.54, 1.807) is 47.8 Å². The fraction of sp³-hybridized carbons (Fsp3) is 0.150. The predicted molar refractivity (Wildman–Crippen MR) is 109 cm³/mol. The summed E-state index contributed by atoms with van der Waals surface area (Å²) in [6.07, 6.45) is -0.0626. The first-order chi connectivity index (χ1) is 14.4. The number of amides is 3. The number of nitrogens with zero attached hydrogens (tertiary/aromatic N) is 1. The van der Waals surface area contributed by atoms with E-state index in [0.29, 0.717) is 11.3 Å². The monoisotopic (exact) mass is 432 g/mol. The normalized spacial score (nSPS) is 11.7. The van der Waals surface area contributed by atoms with Gasteiger partial charge in [-0.15, -0.1) is 11.3 Å². The first-order valence-electron chi connectivity index (χ1n) is 8.83. The second-order valence-corrected chi connectivity index (χ2v) is 6.99. The maximum atomic E-state index is 12.6. The highest BCUT2D eigenvalue weighted by Crippen LogP contribution is 2.33. The minimum absolute atomic E-state index is 0.00882. The molecule has 1 heterocycles. The van der Waals surface area contributed by atoms with E-state index in [2.05, 4.69) is 20.4 Å². The van der Waals surface area contributed by atoms with Crippen molar-refractivity contribution in [3.63, 3.8) is 0 Å². The van der Waals surface area contributed by atoms with Gasteiger partial charge in [0.1, 0.15) is 5.75 Å². The summed E-state index contributed by atoms with van der Waals surface area (Å²) in [5, 5.41) is 7.11. The average Bonchev–Trinajstić information content (AvgIpc) is 3.16. The van der Waals surface area contributed by atoms with Gasteiger partial charge in [-0.05, 0) is 17.7 Å². The van der Waals surface area contributed by atoms with Gasteiger partial charge in [-0.1, -0.05) is 42.5 Å². The third-order valence-electron chi connectivity index (χ3n) is 4.04. The summed E-state index contributed by atoms with van der Waals surface area (Å²) in [6.45, 7) is -2.96. The van der Waals surface area contributed by atoms with Crippen molar-refractivity contribution in [2.45, 2.75) is 19.1 Å². The molecule has 7 nitrogen and oxygen atoms in total. The molecule has 0 aliphatic rings. The van der Waals surface area contributed by atoms with E-state index in [1.807, 2.05) is 6.07 Å². The zero-order valence-electron chi connectivity index (χ0n) is 15.5. The number of nitrogens with one attached hydrogen (secondary N) is 2. The molecule has 30 heavy (non-hydrogen) atoms. The van der Waals surface area contributed by atoms with Gasteiger partial charge in [-0.3, -0.25) is 4.79 Å². The summed E-state index contributed by atoms with van der Waals surface area (Å²) < 4.78 is 29.7. The Balaban J connectivity index is 1.71. The molecule has 1 aromatic heterocycles. The Hall–Kier alpha value is -3.53. The number of ether oxygens (including phenoxy) is 1. The van der Waals surface area contributed by atoms with E-state index >= 15 is 0 Å². The van der Waals surface area contributed by atoms with Crippen LogP contribution in [0, 0.1) is 0 Å². The fourth-order valence-electron chi connectivity index (χ4n) is 2.80. The summed E-state index contributed by atoms with van der Waals surface area (Å²) in [5.41, 5.74) is 6.72. The highest BCUT2D eigenvalue weighted by Gasteiger charge is 2.19. The maximum Gasteiger partial charge on any atom is 0.387 e. The molecular weight excluding hydrogens is 414 g/mol. The topological polar surface area (TPSA) is 106 Å². The minimum atomic E-state index is -2.96. The molecule has 156 valence electrons. The second-order valence-electron chi connectivity index (χ2n) is 6.14. The molecule has 3 amide bonds. The number of anilines is 1. The Bertz CT molecular complexity index is 1010. The molecule has 1 atom stereocenters. The van der Waals surface area contributed by atoms with Gasteiger partial charge in [0.2, 0.25) is 5.91 Å². The molecular formula is C20H18F2N4O3S. The molecule has 4 N–H and O–H groups in total. The largest absolute Gasteiger partial charge is 0.434 e. The van der Waals surface area contributed by atoms with Crippen molar-refractivity contribution in [3.8, 4) is 17.0 Å². The molecule has 0 spiro atoms. The number of rotatable bonds is 8. The van der Waals surface area contributed by atoms with Crippen molar-refractivity contribution < 1.29 is 23.1 Å². The lowest BCUT2D eigenvalue weighted by molar-refractivity contribution is -0.116. The van der Waals surface area contributed by atoms with Gasteiger partial charge in [0, 0.05) is 10.9 Å². The molecule has 0 saturated heterocycles. The number of nitrogens with two attached hydrogens (primary N) is 1. The summed E-state index contributed by atoms with van der Waals surface area (Å²) in [4.78, 5) is 28.0. The Kier molecular flexibility index (Phi) is 6.91. The molecule has 0 bridgehead atoms. The number of aromatic nitrogens is 1. The van der Waals surface area contributed by atoms with Gasteiger partial charge in [0.15, 0.2) is 5.13 Å². The third-order valence-corrected chi connectivity index (χ3v) is 4.80. The van der Waals surface area contributed by atoms with Crippen LogP contribution in [0.5, 0.6) is 5.75 Å². The molecule has 0 aliphatic carbocycles. The van der Waals surface area contributed by atoms with Crippen molar-refractivity contribution in [2.24, 2.45) is 5.73 Å². The number of alkyl halides is 2. The number of benzene rings is 2. The van der Waals surface area contributed by atoms with Crippen LogP contribution in [0.4, 0.5) is 18.7 Å². The molecule has 0 saturated carbocycles. The van der Waals surface area contributed by atoms with Gasteiger partial charge in [-0.25, -0.2) is 9.78 Å². The predicted octanol–water partition coefficient (Wildman–Crippen LogP) is 4.15. The number of halogens is 2. The minimum Gasteiger partial charge on any atom is -0.434 e. The van der Waals surface area contributed by atoms with E-state index in [9.17, 15) is 18.4 Å². The van der Waals surface area contributed by atoms with Gasteiger partial charge >= 0.3 is 12.6 Å². The van der Waals surface area contributed by atoms with Gasteiger partial charge < -0.3 is 21.1 Å². The number of urea groups is 1. The second kappa shape index (κ2) is 9.79. The van der Waals surface area contributed by atoms with Crippen LogP contribution < -0.4 is 21.1 Å². The molecule has 1 unspecified atom stereocenters. The highest BCUT2D eigenvalue weighted by atomic mass is 32.1. The Morgan fingerprint density at radius 2 is 1.80 bits per heavy atom. The van der Waals surface area contributed by atoms with Crippen LogP contribution in [0.2, 0.25) is 0 Å². The number of carbonyl (C=O) groups excluding carboxylic acids is 2. The van der Waals surface area contributed by atoms with Crippen molar-refractivity contribution in [2.75, 3.05) is 5.32 Å². The number of para-hydroxylation sites is 1. The number of primary amides is 1. The van der Waals surface area contributed by atoms with Crippen LogP contribution in [-0.4, -0.2) is 23.5 Å². The standard InChI is InChI=1S/C20H18F2N4O3S/c21-18(22)29-16-9-5-4-8-13(16)15-11-30-20(25-15)26-17(27)10-14(24-19(23)28)12-6-2-1-3-7-12/h1-9,11,14,18H,10H2,(H3,23,24,28)(H,25,26,27). The summed E-state index contributed by atoms with van der Waals surface area (Å²) in [5.74, 6) is -0.402. The number of hydrogen-bond acceptors (Lipinski definition) is 5. The lowest BCUT2D eigenvalue weighted by Gasteiger charge is -2.17. The zero-order chi connectivity index (χ0) is 21.5. The Morgan fingerprint density at radius 3 is 2.50 bits per heavy atom. The Morgan fingerprint density at radius 1 is 1.10 bits per heavy atom. The van der Waals surface area contributed by atoms with Crippen LogP contribution in [0.25, 0.3) is 11.3 Å². The van der Waals surface area contributed by atoms with Crippen LogP contribution in [0.1, 0.15) is 18.0 Å². The first-order valence-corrected chi connectivity index (χ1v) is 9.71. The number of carbonyl (C=O) groups is 2. The van der Waals surface area contributed by atoms with Crippen molar-refractivity contribution >= 4 is 28.4 Å². The van der Waals surface area contributed by atoms with E-state index in [-0.39, 0.29) is 17.3 Å². The van der Waals surface area contributed by atoms with Crippen molar-refractivity contribution in [1.29, 1.82) is 0 Å². The molecule has 3 rings (SSSR count). The van der Waals surface area contributed by atoms with E-state index in [4.69, 9.17) is 5.73 Å². The first kappa shape index (κ1) is 21.2. The SMILES string of the molecule is NC(=O)NC(CC(=O)Nc1nc(-c2ccccc2OC(F)F)cs1)c1ccccc1. The fourth-order valence-corrected chi connectivity index (χ4v) is 3.52. The molecule has 2 aromatic carbocycles. The molecule has 0 aliphatic heterocycles. The highest BCUT2D eigenvalue weighted by molar-refractivity contribution is 7.14. The lowest BCUT2D eigenvalue weighted by atomic mass is 10.0. The Labute approximate surface area is 174 Å². The molecule has 0 fully saturated rings. The van der Waals surface area contributed by atoms with Crippen LogP contribution in [-0.2, 0) is 4.79 Å². The smallest absolute Gasteiger partial charge is 0.387 e. The number of hydrogen-bond donors (Lipinski definition) is 3. The van der Waals surface area contributed by atoms with Gasteiger partial charge in [0.05, 0.1) is 18.2 Å².